The molecule has 5 nitrogen and oxygen atoms in total. The van der Waals surface area contributed by atoms with Crippen molar-refractivity contribution in [3.8, 4) is 0 Å². The number of likely N-dealkylation sites (tertiary alicyclic amines) is 1. The lowest BCUT2D eigenvalue weighted by atomic mass is 9.59. The first-order valence-electron chi connectivity index (χ1n) is 13.2. The van der Waals surface area contributed by atoms with Crippen LogP contribution in [-0.4, -0.2) is 41.9 Å². The monoisotopic (exact) mass is 493 g/mol. The van der Waals surface area contributed by atoms with Gasteiger partial charge in [-0.25, -0.2) is 9.18 Å². The predicted octanol–water partition coefficient (Wildman–Crippen LogP) is 6.11. The van der Waals surface area contributed by atoms with Gasteiger partial charge in [0.05, 0.1) is 0 Å². The zero-order chi connectivity index (χ0) is 25.8. The zero-order valence-electron chi connectivity index (χ0n) is 21.9. The molecule has 2 aliphatic rings. The summed E-state index contributed by atoms with van der Waals surface area (Å²) >= 11 is 0. The number of rotatable bonds is 6. The van der Waals surface area contributed by atoms with Gasteiger partial charge in [-0.05, 0) is 95.1 Å². The number of nitrogens with zero attached hydrogens (tertiary/aromatic N) is 2. The number of aliphatic imine (C=N–C) groups is 1. The second kappa shape index (κ2) is 11.2. The predicted molar refractivity (Wildman–Crippen MR) is 143 cm³/mol. The number of halogens is 1. The maximum atomic E-state index is 14.5. The Hall–Kier alpha value is -2.57. The fraction of sp³-hybridized carbons (Fsp3) is 0.533. The summed E-state index contributed by atoms with van der Waals surface area (Å²) in [6.07, 6.45) is 3.96. The van der Waals surface area contributed by atoms with Gasteiger partial charge in [-0.3, -0.25) is 4.90 Å². The maximum absolute atomic E-state index is 14.5. The van der Waals surface area contributed by atoms with Crippen molar-refractivity contribution >= 4 is 11.8 Å². The number of carbonyl (C=O) groups excluding carboxylic acids is 1. The quantitative estimate of drug-likeness (QED) is 0.527. The summed E-state index contributed by atoms with van der Waals surface area (Å²) in [6, 6.07) is 17.5. The van der Waals surface area contributed by atoms with E-state index in [1.54, 1.807) is 12.1 Å². The number of piperidine rings is 1. The Labute approximate surface area is 214 Å². The molecule has 4 rings (SSSR count). The van der Waals surface area contributed by atoms with Crippen molar-refractivity contribution in [2.45, 2.75) is 70.4 Å². The molecule has 0 unspecified atom stereocenters. The zero-order valence-corrected chi connectivity index (χ0v) is 21.9. The van der Waals surface area contributed by atoms with E-state index in [4.69, 9.17) is 10.5 Å². The molecule has 194 valence electrons. The van der Waals surface area contributed by atoms with Gasteiger partial charge in [0.25, 0.3) is 0 Å². The van der Waals surface area contributed by atoms with Gasteiger partial charge >= 0.3 is 6.09 Å². The number of hydrogen-bond acceptors (Lipinski definition) is 4. The Morgan fingerprint density at radius 3 is 2.44 bits per heavy atom. The average molecular weight is 494 g/mol. The Balaban J connectivity index is 1.63. The number of nitrogens with two attached hydrogens (primary N) is 1. The number of carbonyl (C=O) groups is 1. The van der Waals surface area contributed by atoms with Crippen molar-refractivity contribution in [2.75, 3.05) is 19.6 Å². The molecule has 1 aliphatic heterocycles. The van der Waals surface area contributed by atoms with Crippen LogP contribution in [0.5, 0.6) is 0 Å². The summed E-state index contributed by atoms with van der Waals surface area (Å²) in [5, 5.41) is 0. The Morgan fingerprint density at radius 1 is 1.08 bits per heavy atom. The molecule has 0 aromatic heterocycles. The van der Waals surface area contributed by atoms with Crippen molar-refractivity contribution < 1.29 is 13.9 Å². The van der Waals surface area contributed by atoms with E-state index in [0.717, 1.165) is 63.0 Å². The van der Waals surface area contributed by atoms with E-state index in [9.17, 15) is 9.18 Å². The average Bonchev–Trinajstić information content (AvgIpc) is 3.29. The van der Waals surface area contributed by atoms with Gasteiger partial charge in [-0.15, -0.1) is 0 Å². The van der Waals surface area contributed by atoms with Gasteiger partial charge in [0.1, 0.15) is 11.4 Å². The summed E-state index contributed by atoms with van der Waals surface area (Å²) in [5.41, 5.74) is 8.66. The molecule has 2 aromatic rings. The molecule has 2 N–H and O–H groups in total. The first kappa shape index (κ1) is 26.5. The lowest BCUT2D eigenvalue weighted by Gasteiger charge is -2.48. The lowest BCUT2D eigenvalue weighted by Crippen LogP contribution is -2.53. The summed E-state index contributed by atoms with van der Waals surface area (Å²) < 4.78 is 20.0. The van der Waals surface area contributed by atoms with E-state index < -0.39 is 17.1 Å². The van der Waals surface area contributed by atoms with Crippen LogP contribution < -0.4 is 5.73 Å². The third-order valence-electron chi connectivity index (χ3n) is 7.84. The van der Waals surface area contributed by atoms with Crippen LogP contribution in [0.15, 0.2) is 59.6 Å². The largest absolute Gasteiger partial charge is 0.442 e. The van der Waals surface area contributed by atoms with Gasteiger partial charge < -0.3 is 10.5 Å². The van der Waals surface area contributed by atoms with E-state index in [1.165, 1.54) is 11.6 Å². The number of benzene rings is 2. The Kier molecular flexibility index (Phi) is 8.26. The number of hydrogen-bond donors (Lipinski definition) is 1. The van der Waals surface area contributed by atoms with Gasteiger partial charge in [0, 0.05) is 30.1 Å². The van der Waals surface area contributed by atoms with Crippen molar-refractivity contribution in [3.05, 3.63) is 71.5 Å². The van der Waals surface area contributed by atoms with Crippen LogP contribution in [-0.2, 0) is 16.7 Å². The highest BCUT2D eigenvalue weighted by Crippen LogP contribution is 2.49. The molecular formula is C30H40FN3O2. The molecule has 1 aliphatic carbocycles. The number of amides is 1. The summed E-state index contributed by atoms with van der Waals surface area (Å²) in [6.45, 7) is 8.77. The summed E-state index contributed by atoms with van der Waals surface area (Å²) in [5.74, 6) is 0.00113. The second-order valence-electron chi connectivity index (χ2n) is 11.3. The minimum Gasteiger partial charge on any atom is -0.442 e. The molecule has 2 fully saturated rings. The molecule has 0 radical (unpaired) electrons. The first-order valence-corrected chi connectivity index (χ1v) is 13.2. The third-order valence-corrected chi connectivity index (χ3v) is 7.84. The van der Waals surface area contributed by atoms with Crippen LogP contribution in [0.25, 0.3) is 0 Å². The van der Waals surface area contributed by atoms with Crippen LogP contribution in [0.1, 0.15) is 64.0 Å². The summed E-state index contributed by atoms with van der Waals surface area (Å²) in [4.78, 5) is 19.6. The van der Waals surface area contributed by atoms with Gasteiger partial charge in [-0.1, -0.05) is 42.5 Å². The molecule has 1 heterocycles. The SMILES string of the molecule is CC(C)(C)OC(=O)/N=C1\CCC[C@@H]1[C@](CN)(c1cccc(F)c1)C1CCN(Cc2ccccc2)CC1. The van der Waals surface area contributed by atoms with Gasteiger partial charge in [-0.2, -0.15) is 4.99 Å². The highest BCUT2D eigenvalue weighted by molar-refractivity contribution is 5.97. The highest BCUT2D eigenvalue weighted by Gasteiger charge is 2.50. The van der Waals surface area contributed by atoms with Crippen molar-refractivity contribution in [2.24, 2.45) is 22.6 Å². The van der Waals surface area contributed by atoms with E-state index in [2.05, 4.69) is 34.2 Å². The van der Waals surface area contributed by atoms with Crippen LogP contribution >= 0.6 is 0 Å². The molecule has 1 saturated carbocycles. The van der Waals surface area contributed by atoms with Crippen molar-refractivity contribution in [1.82, 2.24) is 4.90 Å². The highest BCUT2D eigenvalue weighted by atomic mass is 19.1. The minimum atomic E-state index is -0.603. The standard InChI is InChI=1S/C30H40FN3O2/c1-29(2,3)36-28(35)33-27-14-8-13-26(27)30(21-32,24-11-7-12-25(31)19-24)23-15-17-34(18-16-23)20-22-9-5-4-6-10-22/h4-7,9-12,19,23,26H,8,13-18,20-21,32H2,1-3H3/b33-27+/t26-,30-/m0/s1. The van der Waals surface area contributed by atoms with Crippen molar-refractivity contribution in [3.63, 3.8) is 0 Å². The van der Waals surface area contributed by atoms with Gasteiger partial charge in [0.15, 0.2) is 0 Å². The molecule has 36 heavy (non-hydrogen) atoms. The fourth-order valence-corrected chi connectivity index (χ4v) is 6.29. The van der Waals surface area contributed by atoms with E-state index in [0.29, 0.717) is 6.54 Å². The third kappa shape index (κ3) is 6.04. The fourth-order valence-electron chi connectivity index (χ4n) is 6.29. The second-order valence-corrected chi connectivity index (χ2v) is 11.3. The normalized spacial score (nSPS) is 22.5. The topological polar surface area (TPSA) is 67.9 Å². The Bertz CT molecular complexity index is 1060. The smallest absolute Gasteiger partial charge is 0.434 e. The minimum absolute atomic E-state index is 0.0116. The first-order chi connectivity index (χ1) is 17.2. The molecule has 2 atom stereocenters. The van der Waals surface area contributed by atoms with E-state index in [-0.39, 0.29) is 17.7 Å². The molecule has 0 spiro atoms. The molecular weight excluding hydrogens is 453 g/mol. The van der Waals surface area contributed by atoms with Gasteiger partial charge in [0.2, 0.25) is 0 Å². The van der Waals surface area contributed by atoms with E-state index >= 15 is 0 Å². The molecule has 1 saturated heterocycles. The van der Waals surface area contributed by atoms with Crippen LogP contribution in [0.4, 0.5) is 9.18 Å². The molecule has 1 amide bonds. The molecule has 0 bridgehead atoms. The van der Waals surface area contributed by atoms with Crippen molar-refractivity contribution in [1.29, 1.82) is 0 Å². The van der Waals surface area contributed by atoms with Crippen LogP contribution in [0, 0.1) is 17.7 Å². The lowest BCUT2D eigenvalue weighted by molar-refractivity contribution is 0.0601. The Morgan fingerprint density at radius 2 is 1.81 bits per heavy atom. The van der Waals surface area contributed by atoms with Crippen LogP contribution in [0.2, 0.25) is 0 Å². The maximum Gasteiger partial charge on any atom is 0.434 e. The molecule has 6 heteroatoms. The number of ether oxygens (including phenoxy) is 1. The van der Waals surface area contributed by atoms with E-state index in [1.807, 2.05) is 32.9 Å². The summed E-state index contributed by atoms with van der Waals surface area (Å²) in [7, 11) is 0. The van der Waals surface area contributed by atoms with Crippen LogP contribution in [0.3, 0.4) is 0 Å². The molecule has 2 aromatic carbocycles.